The number of hydrogen-bond donors (Lipinski definition) is 2. The van der Waals surface area contributed by atoms with Crippen LogP contribution in [0, 0.1) is 0 Å². The third-order valence-electron chi connectivity index (χ3n) is 3.97. The Labute approximate surface area is 123 Å². The van der Waals surface area contributed by atoms with E-state index >= 15 is 0 Å². The van der Waals surface area contributed by atoms with Gasteiger partial charge in [-0.15, -0.1) is 0 Å². The number of carbonyl (C=O) groups excluding carboxylic acids is 1. The van der Waals surface area contributed by atoms with E-state index in [1.165, 1.54) is 0 Å². The zero-order chi connectivity index (χ0) is 14.1. The number of para-hydroxylation sites is 1. The average molecular weight is 292 g/mol. The van der Waals surface area contributed by atoms with Crippen molar-refractivity contribution in [3.05, 3.63) is 35.0 Å². The van der Waals surface area contributed by atoms with E-state index in [-0.39, 0.29) is 11.9 Å². The summed E-state index contributed by atoms with van der Waals surface area (Å²) in [7, 11) is 1.87. The number of hydrogen-bond acceptors (Lipinski definition) is 2. The predicted octanol–water partition coefficient (Wildman–Crippen LogP) is 2.65. The van der Waals surface area contributed by atoms with Gasteiger partial charge in [0.05, 0.1) is 10.5 Å². The predicted molar refractivity (Wildman–Crippen MR) is 81.3 cm³/mol. The maximum absolute atomic E-state index is 12.5. The molecule has 0 spiro atoms. The minimum Gasteiger partial charge on any atom is -0.349 e. The molecule has 2 N–H and O–H groups in total. The lowest BCUT2D eigenvalue weighted by Crippen LogP contribution is -2.46. The Balaban J connectivity index is 1.86. The molecule has 106 valence electrons. The number of halogens is 1. The molecule has 4 nitrogen and oxygen atoms in total. The highest BCUT2D eigenvalue weighted by molar-refractivity contribution is 6.35. The van der Waals surface area contributed by atoms with Gasteiger partial charge in [0.1, 0.15) is 5.69 Å². The smallest absolute Gasteiger partial charge is 0.270 e. The number of amides is 1. The number of nitrogens with one attached hydrogen (secondary N) is 2. The molecule has 1 aromatic carbocycles. The van der Waals surface area contributed by atoms with Crippen LogP contribution < -0.4 is 5.32 Å². The van der Waals surface area contributed by atoms with Gasteiger partial charge in [0.15, 0.2) is 0 Å². The highest BCUT2D eigenvalue weighted by Gasteiger charge is 2.24. The Hall–Kier alpha value is -1.52. The summed E-state index contributed by atoms with van der Waals surface area (Å²) in [5, 5.41) is 4.94. The zero-order valence-electron chi connectivity index (χ0n) is 11.4. The van der Waals surface area contributed by atoms with Crippen molar-refractivity contribution in [1.29, 1.82) is 0 Å². The molecule has 3 rings (SSSR count). The van der Waals surface area contributed by atoms with Crippen molar-refractivity contribution in [3.63, 3.8) is 0 Å². The molecule has 0 bridgehead atoms. The van der Waals surface area contributed by atoms with Crippen LogP contribution in [0.3, 0.4) is 0 Å². The molecule has 2 heterocycles. The van der Waals surface area contributed by atoms with Crippen LogP contribution in [0.15, 0.2) is 24.3 Å². The summed E-state index contributed by atoms with van der Waals surface area (Å²) in [6.45, 7) is 1.91. The van der Waals surface area contributed by atoms with Gasteiger partial charge in [-0.1, -0.05) is 23.7 Å². The maximum Gasteiger partial charge on any atom is 0.270 e. The third-order valence-corrected chi connectivity index (χ3v) is 4.29. The summed E-state index contributed by atoms with van der Waals surface area (Å²) in [6.07, 6.45) is 2.16. The molecule has 1 aliphatic rings. The van der Waals surface area contributed by atoms with Crippen LogP contribution in [0.5, 0.6) is 0 Å². The van der Waals surface area contributed by atoms with Crippen LogP contribution in [0.1, 0.15) is 23.3 Å². The van der Waals surface area contributed by atoms with Crippen molar-refractivity contribution in [2.45, 2.75) is 18.9 Å². The molecule has 1 fully saturated rings. The lowest BCUT2D eigenvalue weighted by Gasteiger charge is -2.31. The topological polar surface area (TPSA) is 48.1 Å². The summed E-state index contributed by atoms with van der Waals surface area (Å²) in [6, 6.07) is 7.80. The first kappa shape index (κ1) is 13.5. The molecule has 1 aliphatic heterocycles. The molecule has 1 atom stereocenters. The van der Waals surface area contributed by atoms with Gasteiger partial charge in [-0.25, -0.2) is 0 Å². The van der Waals surface area contributed by atoms with Crippen LogP contribution >= 0.6 is 11.6 Å². The molecule has 2 aromatic rings. The molecule has 0 radical (unpaired) electrons. The van der Waals surface area contributed by atoms with Crippen molar-refractivity contribution in [3.8, 4) is 0 Å². The lowest BCUT2D eigenvalue weighted by atomic mass is 10.1. The molecular formula is C15H18ClN3O. The number of benzene rings is 1. The van der Waals surface area contributed by atoms with Gasteiger partial charge in [0.2, 0.25) is 0 Å². The average Bonchev–Trinajstić information content (AvgIpc) is 2.92. The summed E-state index contributed by atoms with van der Waals surface area (Å²) >= 11 is 6.14. The number of H-pyrrole nitrogens is 1. The summed E-state index contributed by atoms with van der Waals surface area (Å²) in [5.41, 5.74) is 1.42. The van der Waals surface area contributed by atoms with Gasteiger partial charge in [-0.2, -0.15) is 0 Å². The molecule has 0 saturated carbocycles. The monoisotopic (exact) mass is 291 g/mol. The molecule has 1 aromatic heterocycles. The highest BCUT2D eigenvalue weighted by Crippen LogP contribution is 2.24. The van der Waals surface area contributed by atoms with Crippen molar-refractivity contribution in [2.75, 3.05) is 20.1 Å². The third kappa shape index (κ3) is 2.41. The van der Waals surface area contributed by atoms with E-state index in [1.807, 2.05) is 36.2 Å². The summed E-state index contributed by atoms with van der Waals surface area (Å²) in [4.78, 5) is 17.5. The van der Waals surface area contributed by atoms with Crippen LogP contribution in [-0.4, -0.2) is 42.0 Å². The first-order chi connectivity index (χ1) is 9.66. The van der Waals surface area contributed by atoms with Crippen molar-refractivity contribution < 1.29 is 4.79 Å². The quantitative estimate of drug-likeness (QED) is 0.894. The van der Waals surface area contributed by atoms with Gasteiger partial charge >= 0.3 is 0 Å². The standard InChI is InChI=1S/C15H18ClN3O/c1-19(11-5-3-7-17-9-11)15(20)13-8-10-4-2-6-12(16)14(10)18-13/h2,4,6,8,11,17-18H,3,5,7,9H2,1H3. The van der Waals surface area contributed by atoms with Gasteiger partial charge in [0.25, 0.3) is 5.91 Å². The minimum atomic E-state index is 0.0194. The number of fused-ring (bicyclic) bond motifs is 1. The highest BCUT2D eigenvalue weighted by atomic mass is 35.5. The fourth-order valence-electron chi connectivity index (χ4n) is 2.75. The summed E-state index contributed by atoms with van der Waals surface area (Å²) < 4.78 is 0. The van der Waals surface area contributed by atoms with Gasteiger partial charge < -0.3 is 15.2 Å². The fraction of sp³-hybridized carbons (Fsp3) is 0.400. The molecule has 1 saturated heterocycles. The van der Waals surface area contributed by atoms with Gasteiger partial charge in [-0.05, 0) is 31.5 Å². The minimum absolute atomic E-state index is 0.0194. The fourth-order valence-corrected chi connectivity index (χ4v) is 2.98. The number of carbonyl (C=O) groups is 1. The molecule has 5 heteroatoms. The normalized spacial score (nSPS) is 19.2. The van der Waals surface area contributed by atoms with Crippen LogP contribution in [-0.2, 0) is 0 Å². The van der Waals surface area contributed by atoms with Crippen LogP contribution in [0.4, 0.5) is 0 Å². The van der Waals surface area contributed by atoms with E-state index in [2.05, 4.69) is 10.3 Å². The number of aromatic amines is 1. The van der Waals surface area contributed by atoms with Crippen molar-refractivity contribution in [2.24, 2.45) is 0 Å². The number of aromatic nitrogens is 1. The van der Waals surface area contributed by atoms with E-state index in [0.29, 0.717) is 10.7 Å². The molecule has 0 aliphatic carbocycles. The van der Waals surface area contributed by atoms with Crippen molar-refractivity contribution in [1.82, 2.24) is 15.2 Å². The van der Waals surface area contributed by atoms with Crippen LogP contribution in [0.2, 0.25) is 5.02 Å². The van der Waals surface area contributed by atoms with E-state index < -0.39 is 0 Å². The number of likely N-dealkylation sites (N-methyl/N-ethyl adjacent to an activating group) is 1. The molecule has 1 amide bonds. The number of rotatable bonds is 2. The van der Waals surface area contributed by atoms with Gasteiger partial charge in [0, 0.05) is 25.0 Å². The first-order valence-electron chi connectivity index (χ1n) is 6.92. The Kier molecular flexibility index (Phi) is 3.68. The Morgan fingerprint density at radius 1 is 1.45 bits per heavy atom. The van der Waals surface area contributed by atoms with E-state index in [0.717, 1.165) is 36.8 Å². The number of piperidine rings is 1. The van der Waals surface area contributed by atoms with E-state index in [1.54, 1.807) is 0 Å². The zero-order valence-corrected chi connectivity index (χ0v) is 12.2. The Morgan fingerprint density at radius 2 is 2.30 bits per heavy atom. The second-order valence-corrected chi connectivity index (χ2v) is 5.71. The Bertz CT molecular complexity index is 631. The molecular weight excluding hydrogens is 274 g/mol. The number of nitrogens with zero attached hydrogens (tertiary/aromatic N) is 1. The maximum atomic E-state index is 12.5. The van der Waals surface area contributed by atoms with E-state index in [9.17, 15) is 4.79 Å². The second-order valence-electron chi connectivity index (χ2n) is 5.30. The van der Waals surface area contributed by atoms with Crippen molar-refractivity contribution >= 4 is 28.4 Å². The van der Waals surface area contributed by atoms with Gasteiger partial charge in [-0.3, -0.25) is 4.79 Å². The largest absolute Gasteiger partial charge is 0.349 e. The van der Waals surface area contributed by atoms with E-state index in [4.69, 9.17) is 11.6 Å². The Morgan fingerprint density at radius 3 is 3.00 bits per heavy atom. The second kappa shape index (κ2) is 5.46. The molecule has 1 unspecified atom stereocenters. The molecule has 20 heavy (non-hydrogen) atoms. The SMILES string of the molecule is CN(C(=O)c1cc2cccc(Cl)c2[nH]1)C1CCCNC1. The summed E-state index contributed by atoms with van der Waals surface area (Å²) in [5.74, 6) is 0.0194. The lowest BCUT2D eigenvalue weighted by molar-refractivity contribution is 0.0703. The first-order valence-corrected chi connectivity index (χ1v) is 7.30. The van der Waals surface area contributed by atoms with Crippen LogP contribution in [0.25, 0.3) is 10.9 Å².